The molecule has 10 nitrogen and oxygen atoms in total. The van der Waals surface area contributed by atoms with Gasteiger partial charge in [-0.3, -0.25) is 24.1 Å². The number of Topliss-reactive ketones (excluding diaryl/α,β-unsaturated/α-hetero) is 4. The van der Waals surface area contributed by atoms with E-state index in [0.717, 1.165) is 25.1 Å². The van der Waals surface area contributed by atoms with Crippen LogP contribution in [0.15, 0.2) is 47.2 Å². The topological polar surface area (TPSA) is 164 Å². The molecule has 0 amide bonds. The molecule has 0 heterocycles. The van der Waals surface area contributed by atoms with Gasteiger partial charge in [0.1, 0.15) is 34.5 Å². The molecule has 12 heteroatoms. The highest BCUT2D eigenvalue weighted by atomic mass is 19.1. The lowest BCUT2D eigenvalue weighted by atomic mass is 9.57. The summed E-state index contributed by atoms with van der Waals surface area (Å²) in [7, 11) is 3.06. The van der Waals surface area contributed by atoms with E-state index in [0.29, 0.717) is 0 Å². The van der Waals surface area contributed by atoms with Gasteiger partial charge in [-0.25, -0.2) is 8.78 Å². The molecule has 0 saturated heterocycles. The summed E-state index contributed by atoms with van der Waals surface area (Å²) < 4.78 is 28.0. The Hall–Kier alpha value is -4.26. The average Bonchev–Trinajstić information content (AvgIpc) is 2.92. The third kappa shape index (κ3) is 4.57. The Labute approximate surface area is 244 Å². The van der Waals surface area contributed by atoms with Crippen LogP contribution in [0.2, 0.25) is 0 Å². The van der Waals surface area contributed by atoms with E-state index in [2.05, 4.69) is 5.32 Å². The van der Waals surface area contributed by atoms with Gasteiger partial charge in [-0.1, -0.05) is 6.07 Å². The first-order chi connectivity index (χ1) is 20.2. The Kier molecular flexibility index (Phi) is 7.57. The molecule has 0 spiro atoms. The summed E-state index contributed by atoms with van der Waals surface area (Å²) in [6, 6.07) is 4.72. The summed E-state index contributed by atoms with van der Waals surface area (Å²) in [5.74, 6) is -9.05. The minimum Gasteiger partial charge on any atom is -0.508 e. The van der Waals surface area contributed by atoms with Crippen molar-refractivity contribution in [3.8, 4) is 5.75 Å². The van der Waals surface area contributed by atoms with Gasteiger partial charge < -0.3 is 25.7 Å². The Bertz CT molecular complexity index is 1640. The van der Waals surface area contributed by atoms with Gasteiger partial charge in [0.2, 0.25) is 5.78 Å². The van der Waals surface area contributed by atoms with E-state index in [1.807, 2.05) is 0 Å². The number of likely N-dealkylation sites (N-methyl/N-ethyl adjacent to an activating group) is 1. The van der Waals surface area contributed by atoms with Gasteiger partial charge >= 0.3 is 0 Å². The lowest BCUT2D eigenvalue weighted by Gasteiger charge is -2.50. The number of aromatic hydroxyl groups is 1. The Morgan fingerprint density at radius 1 is 1.07 bits per heavy atom. The van der Waals surface area contributed by atoms with Crippen molar-refractivity contribution in [1.82, 2.24) is 10.2 Å². The molecule has 5 N–H and O–H groups in total. The van der Waals surface area contributed by atoms with Crippen LogP contribution in [-0.2, 0) is 27.3 Å². The second-order valence-electron chi connectivity index (χ2n) is 11.4. The van der Waals surface area contributed by atoms with Crippen LogP contribution in [0.5, 0.6) is 5.75 Å². The molecule has 1 saturated carbocycles. The number of phenolic OH excluding ortho intramolecular Hbond substituents is 1. The second kappa shape index (κ2) is 10.8. The van der Waals surface area contributed by atoms with Crippen molar-refractivity contribution in [1.29, 1.82) is 0 Å². The number of aliphatic hydroxyl groups excluding tert-OH is 2. The first kappa shape index (κ1) is 30.2. The molecule has 0 unspecified atom stereocenters. The number of rotatable bonds is 7. The lowest BCUT2D eigenvalue weighted by molar-refractivity contribution is -0.153. The van der Waals surface area contributed by atoms with Crippen molar-refractivity contribution in [3.63, 3.8) is 0 Å². The van der Waals surface area contributed by atoms with Gasteiger partial charge in [-0.2, -0.15) is 0 Å². The minimum atomic E-state index is -2.70. The van der Waals surface area contributed by atoms with Crippen molar-refractivity contribution >= 4 is 28.9 Å². The average molecular weight is 597 g/mol. The fourth-order valence-corrected chi connectivity index (χ4v) is 6.70. The molecule has 226 valence electrons. The van der Waals surface area contributed by atoms with E-state index < -0.39 is 81.1 Å². The minimum absolute atomic E-state index is 0.0527. The quantitative estimate of drug-likeness (QED) is 0.237. The van der Waals surface area contributed by atoms with E-state index in [-0.39, 0.29) is 53.8 Å². The molecular weight excluding hydrogens is 566 g/mol. The number of aliphatic hydroxyl groups is 3. The van der Waals surface area contributed by atoms with Crippen LogP contribution < -0.4 is 5.32 Å². The number of hydrogen-bond donors (Lipinski definition) is 5. The third-order valence-electron chi connectivity index (χ3n) is 8.66. The zero-order valence-electron chi connectivity index (χ0n) is 23.6. The van der Waals surface area contributed by atoms with Gasteiger partial charge in [-0.05, 0) is 69.6 Å². The number of phenols is 1. The molecule has 4 atom stereocenters. The number of carbonyl (C=O) groups excluding carboxylic acids is 4. The summed E-state index contributed by atoms with van der Waals surface area (Å²) in [4.78, 5) is 54.2. The fourth-order valence-electron chi connectivity index (χ4n) is 6.70. The molecule has 0 aliphatic heterocycles. The largest absolute Gasteiger partial charge is 0.508 e. The molecule has 3 aliphatic rings. The van der Waals surface area contributed by atoms with Crippen molar-refractivity contribution in [3.05, 3.63) is 81.1 Å². The fraction of sp³-hybridized carbons (Fsp3) is 0.355. The van der Waals surface area contributed by atoms with Crippen LogP contribution in [0.25, 0.3) is 5.76 Å². The zero-order chi connectivity index (χ0) is 31.5. The lowest BCUT2D eigenvalue weighted by Crippen LogP contribution is -2.65. The highest BCUT2D eigenvalue weighted by Crippen LogP contribution is 2.53. The van der Waals surface area contributed by atoms with Gasteiger partial charge in [0.25, 0.3) is 0 Å². The maximum absolute atomic E-state index is 14.0. The molecule has 2 aromatic carbocycles. The van der Waals surface area contributed by atoms with Crippen molar-refractivity contribution in [2.24, 2.45) is 11.8 Å². The molecule has 0 radical (unpaired) electrons. The molecule has 0 bridgehead atoms. The van der Waals surface area contributed by atoms with E-state index in [4.69, 9.17) is 0 Å². The number of fused-ring (bicyclic) bond motifs is 3. The summed E-state index contributed by atoms with van der Waals surface area (Å²) in [5.41, 5.74) is -3.86. The number of carbonyl (C=O) groups is 4. The van der Waals surface area contributed by atoms with Crippen LogP contribution >= 0.6 is 0 Å². The smallest absolute Gasteiger partial charge is 0.202 e. The summed E-state index contributed by atoms with van der Waals surface area (Å²) in [6.07, 6.45) is -0.151. The van der Waals surface area contributed by atoms with E-state index in [1.54, 1.807) is 0 Å². The van der Waals surface area contributed by atoms with Gasteiger partial charge in [0.15, 0.2) is 23.0 Å². The molecular formula is C31H30F2N2O8. The highest BCUT2D eigenvalue weighted by molar-refractivity contribution is 6.25. The Balaban J connectivity index is 1.54. The Morgan fingerprint density at radius 2 is 1.72 bits per heavy atom. The number of nitrogens with zero attached hydrogens (tertiary/aromatic N) is 1. The van der Waals surface area contributed by atoms with Crippen LogP contribution in [0.4, 0.5) is 8.78 Å². The van der Waals surface area contributed by atoms with Crippen molar-refractivity contribution in [2.45, 2.75) is 38.0 Å². The van der Waals surface area contributed by atoms with Crippen LogP contribution in [0, 0.1) is 23.5 Å². The van der Waals surface area contributed by atoms with Crippen LogP contribution in [0.1, 0.15) is 40.4 Å². The number of halogens is 2. The highest BCUT2D eigenvalue weighted by Gasteiger charge is 2.64. The van der Waals surface area contributed by atoms with Crippen LogP contribution in [-0.4, -0.2) is 80.7 Å². The maximum atomic E-state index is 14.0. The normalized spacial score (nSPS) is 25.0. The number of ketones is 4. The van der Waals surface area contributed by atoms with Gasteiger partial charge in [0, 0.05) is 29.2 Å². The van der Waals surface area contributed by atoms with E-state index in [9.17, 15) is 48.4 Å². The molecule has 3 aliphatic carbocycles. The first-order valence-electron chi connectivity index (χ1n) is 13.6. The third-order valence-corrected chi connectivity index (χ3v) is 8.66. The van der Waals surface area contributed by atoms with Crippen molar-refractivity contribution in [2.75, 3.05) is 20.6 Å². The summed E-state index contributed by atoms with van der Waals surface area (Å²) in [6.45, 7) is 0.399. The van der Waals surface area contributed by atoms with E-state index in [1.165, 1.54) is 31.1 Å². The predicted octanol–water partition coefficient (Wildman–Crippen LogP) is 2.32. The van der Waals surface area contributed by atoms with Crippen molar-refractivity contribution < 1.29 is 48.4 Å². The zero-order valence-corrected chi connectivity index (χ0v) is 23.6. The van der Waals surface area contributed by atoms with Gasteiger partial charge in [-0.15, -0.1) is 0 Å². The van der Waals surface area contributed by atoms with Crippen LogP contribution in [0.3, 0.4) is 0 Å². The van der Waals surface area contributed by atoms with E-state index >= 15 is 0 Å². The predicted molar refractivity (Wildman–Crippen MR) is 148 cm³/mol. The number of hydrogen-bond acceptors (Lipinski definition) is 10. The number of benzene rings is 2. The SMILES string of the molecule is CC(=O)C1=C(O)[C@@]2(O)C(=O)C3=C(O)c4c(O)ccc(C(=O)CNCc5c(F)cccc5F)c4C[C@H]3C[C@H]2[C@H](N(C)C)C1=O. The Morgan fingerprint density at radius 3 is 2.33 bits per heavy atom. The standard InChI is InChI=1S/C31H30F2N2O8/c1-13(36)23-28(40)26(35(2)3)18-10-14-9-16-15(22(38)12-34-11-17-19(32)5-4-6-20(17)33)7-8-21(37)25(16)27(39)24(14)30(42)31(18,43)29(23)41/h4-8,14,18,26,34,37,39,41,43H,9-12H2,1-3H3/t14-,18-,26-,31+/m0/s1. The monoisotopic (exact) mass is 596 g/mol. The summed E-state index contributed by atoms with van der Waals surface area (Å²) >= 11 is 0. The summed E-state index contributed by atoms with van der Waals surface area (Å²) in [5, 5.41) is 47.4. The molecule has 0 aromatic heterocycles. The maximum Gasteiger partial charge on any atom is 0.202 e. The molecule has 43 heavy (non-hydrogen) atoms. The van der Waals surface area contributed by atoms with Gasteiger partial charge in [0.05, 0.1) is 18.2 Å². The second-order valence-corrected chi connectivity index (χ2v) is 11.4. The molecule has 2 aromatic rings. The molecule has 5 rings (SSSR count). The first-order valence-corrected chi connectivity index (χ1v) is 13.6. The number of nitrogens with one attached hydrogen (secondary N) is 1. The molecule has 1 fully saturated rings.